The molecule has 0 radical (unpaired) electrons. The fourth-order valence-corrected chi connectivity index (χ4v) is 7.77. The minimum absolute atomic E-state index is 0.283. The van der Waals surface area contributed by atoms with Gasteiger partial charge in [0.05, 0.1) is 20.7 Å². The van der Waals surface area contributed by atoms with Gasteiger partial charge >= 0.3 is 7.25 Å². The first-order valence-electron chi connectivity index (χ1n) is 9.36. The molecule has 146 valence electrons. The molecule has 1 saturated carbocycles. The third-order valence-electron chi connectivity index (χ3n) is 4.90. The highest BCUT2D eigenvalue weighted by Gasteiger charge is 2.35. The topological polar surface area (TPSA) is 0 Å². The minimum atomic E-state index is -6.00. The van der Waals surface area contributed by atoms with Crippen LogP contribution in [0.2, 0.25) is 0 Å². The maximum Gasteiger partial charge on any atom is 0.673 e. The van der Waals surface area contributed by atoms with E-state index in [2.05, 4.69) is 48.5 Å². The van der Waals surface area contributed by atoms with Crippen LogP contribution in [-0.4, -0.2) is 13.0 Å². The van der Waals surface area contributed by atoms with Crippen molar-refractivity contribution in [1.82, 2.24) is 0 Å². The van der Waals surface area contributed by atoms with Crippen molar-refractivity contribution in [2.75, 3.05) is 5.75 Å². The molecule has 7 heteroatoms. The highest BCUT2D eigenvalue weighted by atomic mass is 32.2. The van der Waals surface area contributed by atoms with Gasteiger partial charge in [-0.2, -0.15) is 0 Å². The largest absolute Gasteiger partial charge is 0.673 e. The molecule has 0 saturated heterocycles. The van der Waals surface area contributed by atoms with E-state index in [-0.39, 0.29) is 10.9 Å². The summed E-state index contributed by atoms with van der Waals surface area (Å²) in [5.74, 6) is 2.33. The standard InChI is InChI=1S/C20H23S2.BF4/c1-2-8-16(9-3-1)14-15-22-19-12-6-4-10-17(19)21-18-11-5-7-13-20(18)22;2-1(3,4)5/h4-7,10-13,16H,1-3,8-9,14-15H2;/q+1;-1. The van der Waals surface area contributed by atoms with Crippen molar-refractivity contribution in [2.45, 2.75) is 58.1 Å². The van der Waals surface area contributed by atoms with E-state index < -0.39 is 7.25 Å². The van der Waals surface area contributed by atoms with E-state index in [1.165, 1.54) is 54.1 Å². The zero-order chi connectivity index (χ0) is 19.3. The number of halogens is 4. The maximum atomic E-state index is 9.75. The van der Waals surface area contributed by atoms with E-state index in [1.54, 1.807) is 9.79 Å². The summed E-state index contributed by atoms with van der Waals surface area (Å²) < 4.78 is 39.0. The van der Waals surface area contributed by atoms with Gasteiger partial charge in [0.1, 0.15) is 5.75 Å². The number of hydrogen-bond acceptors (Lipinski definition) is 1. The predicted octanol–water partition coefficient (Wildman–Crippen LogP) is 7.46. The normalized spacial score (nSPS) is 17.5. The van der Waals surface area contributed by atoms with Crippen molar-refractivity contribution in [2.24, 2.45) is 5.92 Å². The van der Waals surface area contributed by atoms with Gasteiger partial charge in [0.2, 0.25) is 0 Å². The van der Waals surface area contributed by atoms with E-state index in [0.717, 1.165) is 5.92 Å². The Morgan fingerprint density at radius 1 is 0.815 bits per heavy atom. The van der Waals surface area contributed by atoms with Crippen molar-refractivity contribution in [3.63, 3.8) is 0 Å². The number of hydrogen-bond donors (Lipinski definition) is 0. The zero-order valence-electron chi connectivity index (χ0n) is 15.1. The second-order valence-corrected chi connectivity index (χ2v) is 10.0. The Hall–Kier alpha value is -1.08. The first kappa shape index (κ1) is 20.7. The molecule has 2 aromatic rings. The van der Waals surface area contributed by atoms with Crippen molar-refractivity contribution in [3.8, 4) is 0 Å². The third-order valence-corrected chi connectivity index (χ3v) is 8.73. The number of benzene rings is 2. The van der Waals surface area contributed by atoms with E-state index in [9.17, 15) is 17.3 Å². The molecule has 2 aromatic carbocycles. The van der Waals surface area contributed by atoms with Gasteiger partial charge in [-0.15, -0.1) is 0 Å². The van der Waals surface area contributed by atoms with Crippen LogP contribution in [0.1, 0.15) is 38.5 Å². The second-order valence-electron chi connectivity index (χ2n) is 6.88. The fraction of sp³-hybridized carbons (Fsp3) is 0.400. The average molecular weight is 414 g/mol. The molecular weight excluding hydrogens is 391 g/mol. The fourth-order valence-electron chi connectivity index (χ4n) is 3.69. The Kier molecular flexibility index (Phi) is 7.20. The van der Waals surface area contributed by atoms with E-state index in [0.29, 0.717) is 0 Å². The summed E-state index contributed by atoms with van der Waals surface area (Å²) in [6.45, 7) is 0. The van der Waals surface area contributed by atoms with Gasteiger partial charge in [0.15, 0.2) is 9.79 Å². The molecule has 0 atom stereocenters. The Labute approximate surface area is 165 Å². The lowest BCUT2D eigenvalue weighted by Crippen LogP contribution is -2.17. The van der Waals surface area contributed by atoms with Crippen LogP contribution in [-0.2, 0) is 10.9 Å². The second kappa shape index (κ2) is 9.42. The molecule has 0 bridgehead atoms. The van der Waals surface area contributed by atoms with Crippen LogP contribution in [0.5, 0.6) is 0 Å². The highest BCUT2D eigenvalue weighted by Crippen LogP contribution is 2.46. The molecule has 0 spiro atoms. The SMILES string of the molecule is F[B-](F)(F)F.c1ccc2c(c1)Sc1ccccc1[S+]2CCC1CCCCC1. The molecular formula is C20H23BF4S2. The monoisotopic (exact) mass is 414 g/mol. The van der Waals surface area contributed by atoms with Crippen LogP contribution in [0, 0.1) is 5.92 Å². The van der Waals surface area contributed by atoms with Gasteiger partial charge in [0.25, 0.3) is 0 Å². The van der Waals surface area contributed by atoms with Crippen LogP contribution < -0.4 is 0 Å². The molecule has 0 aromatic heterocycles. The van der Waals surface area contributed by atoms with Crippen LogP contribution >= 0.6 is 11.8 Å². The van der Waals surface area contributed by atoms with Gasteiger partial charge in [0, 0.05) is 0 Å². The summed E-state index contributed by atoms with van der Waals surface area (Å²) >= 11 is 1.95. The number of fused-ring (bicyclic) bond motifs is 2. The maximum absolute atomic E-state index is 9.75. The molecule has 0 unspecified atom stereocenters. The first-order chi connectivity index (χ1) is 12.9. The molecule has 1 aliphatic heterocycles. The smallest absolute Gasteiger partial charge is 0.418 e. The molecule has 2 aliphatic rings. The van der Waals surface area contributed by atoms with Crippen molar-refractivity contribution < 1.29 is 17.3 Å². The van der Waals surface area contributed by atoms with Gasteiger partial charge < -0.3 is 17.3 Å². The lowest BCUT2D eigenvalue weighted by Gasteiger charge is -2.23. The van der Waals surface area contributed by atoms with Gasteiger partial charge in [-0.25, -0.2) is 0 Å². The molecule has 1 heterocycles. The van der Waals surface area contributed by atoms with Crippen molar-refractivity contribution in [1.29, 1.82) is 0 Å². The average Bonchev–Trinajstić information content (AvgIpc) is 2.64. The summed E-state index contributed by atoms with van der Waals surface area (Å²) in [7, 11) is -5.72. The van der Waals surface area contributed by atoms with Crippen molar-refractivity contribution in [3.05, 3.63) is 48.5 Å². The highest BCUT2D eigenvalue weighted by molar-refractivity contribution is 8.04. The summed E-state index contributed by atoms with van der Waals surface area (Å²) in [4.78, 5) is 6.13. The van der Waals surface area contributed by atoms with Crippen LogP contribution in [0.3, 0.4) is 0 Å². The van der Waals surface area contributed by atoms with E-state index in [4.69, 9.17) is 0 Å². The molecule has 4 rings (SSSR count). The van der Waals surface area contributed by atoms with Crippen molar-refractivity contribution >= 4 is 29.9 Å². The lowest BCUT2D eigenvalue weighted by atomic mass is 9.88. The molecule has 1 aliphatic carbocycles. The predicted molar refractivity (Wildman–Crippen MR) is 107 cm³/mol. The van der Waals surface area contributed by atoms with E-state index >= 15 is 0 Å². The van der Waals surface area contributed by atoms with Gasteiger partial charge in [-0.1, -0.05) is 68.1 Å². The first-order valence-corrected chi connectivity index (χ1v) is 11.6. The third kappa shape index (κ3) is 6.21. The van der Waals surface area contributed by atoms with Gasteiger partial charge in [-0.05, 0) is 36.6 Å². The molecule has 27 heavy (non-hydrogen) atoms. The van der Waals surface area contributed by atoms with Crippen LogP contribution in [0.25, 0.3) is 0 Å². The summed E-state index contributed by atoms with van der Waals surface area (Å²) in [6.07, 6.45) is 8.73. The summed E-state index contributed by atoms with van der Waals surface area (Å²) in [5.41, 5.74) is 0. The molecule has 0 amide bonds. The van der Waals surface area contributed by atoms with E-state index in [1.807, 2.05) is 11.8 Å². The Bertz CT molecular complexity index is 693. The minimum Gasteiger partial charge on any atom is -0.418 e. The summed E-state index contributed by atoms with van der Waals surface area (Å²) in [6, 6.07) is 18.1. The zero-order valence-corrected chi connectivity index (χ0v) is 16.7. The quantitative estimate of drug-likeness (QED) is 0.285. The van der Waals surface area contributed by atoms with Crippen LogP contribution in [0.15, 0.2) is 68.1 Å². The van der Waals surface area contributed by atoms with Gasteiger partial charge in [-0.3, -0.25) is 0 Å². The molecule has 1 fully saturated rings. The Morgan fingerprint density at radius 2 is 1.30 bits per heavy atom. The number of rotatable bonds is 3. The summed E-state index contributed by atoms with van der Waals surface area (Å²) in [5, 5.41) is 0. The van der Waals surface area contributed by atoms with Crippen LogP contribution in [0.4, 0.5) is 17.3 Å². The Balaban J connectivity index is 0.000000376. The molecule has 0 N–H and O–H groups in total. The Morgan fingerprint density at radius 3 is 1.81 bits per heavy atom. The lowest BCUT2D eigenvalue weighted by molar-refractivity contribution is 0.351. The molecule has 0 nitrogen and oxygen atoms in total.